The van der Waals surface area contributed by atoms with Crippen molar-refractivity contribution in [1.29, 1.82) is 0 Å². The first-order valence-electron chi connectivity index (χ1n) is 6.45. The van der Waals surface area contributed by atoms with E-state index in [2.05, 4.69) is 9.97 Å². The molecule has 2 heterocycles. The van der Waals surface area contributed by atoms with Crippen molar-refractivity contribution in [3.8, 4) is 22.9 Å². The van der Waals surface area contributed by atoms with Crippen LogP contribution in [0.3, 0.4) is 0 Å². The normalized spacial score (nSPS) is 13.6. The second-order valence-electron chi connectivity index (χ2n) is 4.69. The molecule has 0 aliphatic carbocycles. The summed E-state index contributed by atoms with van der Waals surface area (Å²) in [6, 6.07) is 11.5. The molecule has 0 saturated heterocycles. The minimum Gasteiger partial charge on any atom is -0.486 e. The van der Waals surface area contributed by atoms with E-state index in [1.165, 1.54) is 0 Å². The van der Waals surface area contributed by atoms with Gasteiger partial charge in [-0.05, 0) is 12.1 Å². The Balaban J connectivity index is 1.89. The van der Waals surface area contributed by atoms with Crippen molar-refractivity contribution in [2.24, 2.45) is 0 Å². The van der Waals surface area contributed by atoms with Crippen LogP contribution < -0.4 is 15.2 Å². The molecule has 0 bridgehead atoms. The van der Waals surface area contributed by atoms with Crippen molar-refractivity contribution in [1.82, 2.24) is 9.97 Å². The van der Waals surface area contributed by atoms with E-state index >= 15 is 0 Å². The lowest BCUT2D eigenvalue weighted by molar-refractivity contribution is 0.172. The highest BCUT2D eigenvalue weighted by Gasteiger charge is 2.15. The van der Waals surface area contributed by atoms with Gasteiger partial charge in [-0.15, -0.1) is 0 Å². The Hall–Kier alpha value is -2.69. The molecule has 5 heteroatoms. The Morgan fingerprint density at radius 2 is 1.80 bits per heavy atom. The van der Waals surface area contributed by atoms with Gasteiger partial charge < -0.3 is 20.2 Å². The molecule has 1 aromatic heterocycles. The molecule has 3 aromatic rings. The molecule has 0 atom stereocenters. The molecule has 0 unspecified atom stereocenters. The van der Waals surface area contributed by atoms with Crippen LogP contribution in [0.5, 0.6) is 11.5 Å². The van der Waals surface area contributed by atoms with E-state index in [1.807, 2.05) is 36.4 Å². The average molecular weight is 267 g/mol. The molecule has 4 rings (SSSR count). The third kappa shape index (κ3) is 1.67. The summed E-state index contributed by atoms with van der Waals surface area (Å²) in [5.41, 5.74) is 9.33. The van der Waals surface area contributed by atoms with Gasteiger partial charge in [0.25, 0.3) is 0 Å². The van der Waals surface area contributed by atoms with Gasteiger partial charge in [-0.3, -0.25) is 0 Å². The summed E-state index contributed by atoms with van der Waals surface area (Å²) >= 11 is 0. The number of fused-ring (bicyclic) bond motifs is 2. The number of ether oxygens (including phenoxy) is 2. The van der Waals surface area contributed by atoms with E-state index in [-0.39, 0.29) is 0 Å². The Morgan fingerprint density at radius 1 is 1.05 bits per heavy atom. The third-order valence-corrected chi connectivity index (χ3v) is 3.36. The summed E-state index contributed by atoms with van der Waals surface area (Å²) in [6.45, 7) is 1.15. The van der Waals surface area contributed by atoms with Gasteiger partial charge in [0.2, 0.25) is 0 Å². The highest BCUT2D eigenvalue weighted by Crippen LogP contribution is 2.35. The molecule has 2 aromatic carbocycles. The number of nitrogen functional groups attached to an aromatic ring is 1. The number of hydrogen-bond acceptors (Lipinski definition) is 4. The Bertz CT molecular complexity index is 752. The maximum Gasteiger partial charge on any atom is 0.163 e. The number of hydrogen-bond donors (Lipinski definition) is 2. The number of imidazole rings is 1. The number of rotatable bonds is 1. The molecule has 1 aliphatic rings. The van der Waals surface area contributed by atoms with Crippen molar-refractivity contribution in [2.45, 2.75) is 0 Å². The van der Waals surface area contributed by atoms with Crippen molar-refractivity contribution in [2.75, 3.05) is 18.9 Å². The topological polar surface area (TPSA) is 73.2 Å². The van der Waals surface area contributed by atoms with E-state index < -0.39 is 0 Å². The van der Waals surface area contributed by atoms with Crippen LogP contribution in [0.2, 0.25) is 0 Å². The van der Waals surface area contributed by atoms with E-state index in [0.717, 1.165) is 33.9 Å². The highest BCUT2D eigenvalue weighted by molar-refractivity contribution is 5.85. The van der Waals surface area contributed by atoms with Crippen LogP contribution in [0.1, 0.15) is 0 Å². The molecule has 0 radical (unpaired) electrons. The minimum absolute atomic E-state index is 0.571. The Kier molecular flexibility index (Phi) is 2.32. The van der Waals surface area contributed by atoms with E-state index in [0.29, 0.717) is 18.9 Å². The first kappa shape index (κ1) is 11.2. The molecule has 3 N–H and O–H groups in total. The van der Waals surface area contributed by atoms with Gasteiger partial charge in [-0.2, -0.15) is 0 Å². The summed E-state index contributed by atoms with van der Waals surface area (Å²) in [5.74, 6) is 2.24. The van der Waals surface area contributed by atoms with Crippen LogP contribution in [0, 0.1) is 0 Å². The van der Waals surface area contributed by atoms with Crippen molar-refractivity contribution in [3.63, 3.8) is 0 Å². The average Bonchev–Trinajstić information content (AvgIpc) is 2.87. The van der Waals surface area contributed by atoms with E-state index in [4.69, 9.17) is 15.2 Å². The maximum absolute atomic E-state index is 5.99. The summed E-state index contributed by atoms with van der Waals surface area (Å²) in [6.07, 6.45) is 0. The van der Waals surface area contributed by atoms with Crippen LogP contribution in [0.4, 0.5) is 5.69 Å². The number of aromatic amines is 1. The molecular formula is C15H13N3O2. The molecule has 0 saturated carbocycles. The number of nitrogens with two attached hydrogens (primary N) is 1. The summed E-state index contributed by atoms with van der Waals surface area (Å²) < 4.78 is 11.1. The molecule has 0 spiro atoms. The fraction of sp³-hybridized carbons (Fsp3) is 0.133. The first-order chi connectivity index (χ1) is 9.81. The quantitative estimate of drug-likeness (QED) is 0.665. The first-order valence-corrected chi connectivity index (χ1v) is 6.45. The van der Waals surface area contributed by atoms with Crippen LogP contribution in [0.15, 0.2) is 36.4 Å². The number of aromatic nitrogens is 2. The van der Waals surface area contributed by atoms with Crippen molar-refractivity contribution in [3.05, 3.63) is 36.4 Å². The fourth-order valence-corrected chi connectivity index (χ4v) is 2.39. The number of benzene rings is 2. The van der Waals surface area contributed by atoms with Gasteiger partial charge in [0, 0.05) is 23.4 Å². The Morgan fingerprint density at radius 3 is 2.60 bits per heavy atom. The molecule has 0 amide bonds. The van der Waals surface area contributed by atoms with Gasteiger partial charge in [-0.25, -0.2) is 4.98 Å². The molecule has 20 heavy (non-hydrogen) atoms. The second kappa shape index (κ2) is 4.16. The zero-order valence-electron chi connectivity index (χ0n) is 10.7. The monoisotopic (exact) mass is 267 g/mol. The van der Waals surface area contributed by atoms with Crippen LogP contribution in [0.25, 0.3) is 22.4 Å². The van der Waals surface area contributed by atoms with E-state index in [9.17, 15) is 0 Å². The van der Waals surface area contributed by atoms with Gasteiger partial charge in [0.15, 0.2) is 11.5 Å². The van der Waals surface area contributed by atoms with Gasteiger partial charge in [0.1, 0.15) is 19.0 Å². The van der Waals surface area contributed by atoms with Gasteiger partial charge in [0.05, 0.1) is 11.0 Å². The number of nitrogens with one attached hydrogen (secondary N) is 1. The molecular weight excluding hydrogens is 254 g/mol. The summed E-state index contributed by atoms with van der Waals surface area (Å²) in [5, 5.41) is 0. The smallest absolute Gasteiger partial charge is 0.163 e. The standard InChI is InChI=1S/C15H13N3O2/c16-10-4-2-1-3-9(10)15-17-11-7-13-14(8-12(11)18-15)20-6-5-19-13/h1-4,7-8H,5-6,16H2,(H,17,18). The highest BCUT2D eigenvalue weighted by atomic mass is 16.6. The lowest BCUT2D eigenvalue weighted by Crippen LogP contribution is -2.15. The SMILES string of the molecule is Nc1ccccc1-c1nc2cc3c(cc2[nH]1)OCCO3. The van der Waals surface area contributed by atoms with Crippen LogP contribution >= 0.6 is 0 Å². The van der Waals surface area contributed by atoms with E-state index in [1.54, 1.807) is 0 Å². The molecule has 1 aliphatic heterocycles. The van der Waals surface area contributed by atoms with Crippen LogP contribution in [-0.2, 0) is 0 Å². The molecule has 0 fully saturated rings. The van der Waals surface area contributed by atoms with Crippen molar-refractivity contribution < 1.29 is 9.47 Å². The largest absolute Gasteiger partial charge is 0.486 e. The van der Waals surface area contributed by atoms with Crippen LogP contribution in [-0.4, -0.2) is 23.2 Å². The molecule has 5 nitrogen and oxygen atoms in total. The third-order valence-electron chi connectivity index (χ3n) is 3.36. The van der Waals surface area contributed by atoms with Gasteiger partial charge >= 0.3 is 0 Å². The van der Waals surface area contributed by atoms with Gasteiger partial charge in [-0.1, -0.05) is 12.1 Å². The summed E-state index contributed by atoms with van der Waals surface area (Å²) in [4.78, 5) is 7.86. The van der Waals surface area contributed by atoms with Crippen molar-refractivity contribution >= 4 is 16.7 Å². The predicted molar refractivity (Wildman–Crippen MR) is 76.9 cm³/mol. The Labute approximate surface area is 115 Å². The number of nitrogens with zero attached hydrogens (tertiary/aromatic N) is 1. The maximum atomic E-state index is 5.99. The predicted octanol–water partition coefficient (Wildman–Crippen LogP) is 2.58. The molecule has 100 valence electrons. The summed E-state index contributed by atoms with van der Waals surface area (Å²) in [7, 11) is 0. The zero-order chi connectivity index (χ0) is 13.5. The number of H-pyrrole nitrogens is 1. The lowest BCUT2D eigenvalue weighted by Gasteiger charge is -2.17. The fourth-order valence-electron chi connectivity index (χ4n) is 2.39. The minimum atomic E-state index is 0.571. The zero-order valence-corrected chi connectivity index (χ0v) is 10.7. The second-order valence-corrected chi connectivity index (χ2v) is 4.69. The number of anilines is 1. The lowest BCUT2D eigenvalue weighted by atomic mass is 10.2. The number of para-hydroxylation sites is 1.